The molecule has 29 heavy (non-hydrogen) atoms. The number of benzene rings is 2. The summed E-state index contributed by atoms with van der Waals surface area (Å²) >= 11 is 3.89. The van der Waals surface area contributed by atoms with Crippen molar-refractivity contribution in [2.24, 2.45) is 17.8 Å². The first kappa shape index (κ1) is 18.6. The van der Waals surface area contributed by atoms with E-state index >= 15 is 0 Å². The van der Waals surface area contributed by atoms with Gasteiger partial charge in [0, 0.05) is 5.92 Å². The van der Waals surface area contributed by atoms with E-state index in [2.05, 4.69) is 15.9 Å². The number of rotatable bonds is 3. The molecule has 3 unspecified atom stereocenters. The number of aliphatic carboxylic acids is 1. The molecule has 6 heteroatoms. The van der Waals surface area contributed by atoms with Crippen molar-refractivity contribution in [1.29, 1.82) is 0 Å². The van der Waals surface area contributed by atoms with Crippen molar-refractivity contribution in [3.05, 3.63) is 70.8 Å². The predicted molar refractivity (Wildman–Crippen MR) is 107 cm³/mol. The highest BCUT2D eigenvalue weighted by atomic mass is 79.9. The first-order chi connectivity index (χ1) is 13.8. The zero-order valence-corrected chi connectivity index (χ0v) is 17.5. The van der Waals surface area contributed by atoms with Gasteiger partial charge in [-0.15, -0.1) is 0 Å². The monoisotopic (exact) mass is 452 g/mol. The van der Waals surface area contributed by atoms with Gasteiger partial charge in [0.1, 0.15) is 0 Å². The first-order valence-corrected chi connectivity index (χ1v) is 10.5. The van der Waals surface area contributed by atoms with E-state index < -0.39 is 45.9 Å². The number of imide groups is 1. The molecule has 3 aliphatic carbocycles. The van der Waals surface area contributed by atoms with E-state index in [1.54, 1.807) is 13.8 Å². The second-order valence-electron chi connectivity index (χ2n) is 8.42. The predicted octanol–water partition coefficient (Wildman–Crippen LogP) is 2.16. The van der Waals surface area contributed by atoms with Gasteiger partial charge in [0.2, 0.25) is 11.8 Å². The summed E-state index contributed by atoms with van der Waals surface area (Å²) in [5.74, 6) is -4.29. The molecule has 1 aliphatic heterocycles. The third-order valence-electron chi connectivity index (χ3n) is 6.70. The lowest BCUT2D eigenvalue weighted by molar-refractivity contribution is -0.312. The largest absolute Gasteiger partial charge is 0.548 e. The third kappa shape index (κ3) is 2.13. The molecule has 148 valence electrons. The van der Waals surface area contributed by atoms with E-state index in [1.807, 2.05) is 48.5 Å². The van der Waals surface area contributed by atoms with Crippen LogP contribution in [0.1, 0.15) is 42.0 Å². The molecule has 4 aliphatic rings. The number of alkyl halides is 1. The summed E-state index contributed by atoms with van der Waals surface area (Å²) in [6.45, 7) is 3.37. The number of nitrogens with zero attached hydrogens (tertiary/aromatic N) is 1. The first-order valence-electron chi connectivity index (χ1n) is 9.75. The molecule has 1 saturated heterocycles. The van der Waals surface area contributed by atoms with Gasteiger partial charge in [-0.2, -0.15) is 0 Å². The standard InChI is InChI=1S/C23H20BrNO4/c1-11(2)19(22(28)29)25-20(26)17-16-12-7-3-5-9-14(12)23(24,18(17)21(25)27)15-10-6-4-8-13(15)16/h3-11,16-19H,1-2H3,(H,28,29)/p-1. The average molecular weight is 453 g/mol. The smallest absolute Gasteiger partial charge is 0.235 e. The van der Waals surface area contributed by atoms with Crippen molar-refractivity contribution in [3.63, 3.8) is 0 Å². The molecule has 1 fully saturated rings. The minimum absolute atomic E-state index is 0.275. The molecular weight excluding hydrogens is 434 g/mol. The lowest BCUT2D eigenvalue weighted by atomic mass is 9.55. The van der Waals surface area contributed by atoms with Crippen LogP contribution < -0.4 is 5.11 Å². The SMILES string of the molecule is CC(C)C(C(=O)[O-])N1C(=O)C2C3c4ccccc4C(Br)(c4ccccc43)C2C1=O. The number of halogens is 1. The van der Waals surface area contributed by atoms with Crippen LogP contribution >= 0.6 is 15.9 Å². The maximum atomic E-state index is 13.6. The fourth-order valence-electron chi connectivity index (χ4n) is 5.65. The molecule has 2 bridgehead atoms. The number of hydrogen-bond donors (Lipinski definition) is 0. The van der Waals surface area contributed by atoms with Crippen LogP contribution in [-0.2, 0) is 18.7 Å². The van der Waals surface area contributed by atoms with E-state index in [1.165, 1.54) is 0 Å². The minimum Gasteiger partial charge on any atom is -0.548 e. The summed E-state index contributed by atoms with van der Waals surface area (Å²) < 4.78 is -0.867. The van der Waals surface area contributed by atoms with Crippen LogP contribution in [0, 0.1) is 17.8 Å². The number of carbonyl (C=O) groups is 3. The van der Waals surface area contributed by atoms with Crippen LogP contribution in [0.3, 0.4) is 0 Å². The van der Waals surface area contributed by atoms with Crippen molar-refractivity contribution in [3.8, 4) is 0 Å². The Balaban J connectivity index is 1.77. The zero-order valence-electron chi connectivity index (χ0n) is 16.0. The number of carboxylic acids is 1. The molecule has 0 aromatic heterocycles. The normalized spacial score (nSPS) is 30.2. The van der Waals surface area contributed by atoms with Gasteiger partial charge in [-0.05, 0) is 28.2 Å². The van der Waals surface area contributed by atoms with Gasteiger partial charge >= 0.3 is 0 Å². The highest BCUT2D eigenvalue weighted by Crippen LogP contribution is 2.66. The summed E-state index contributed by atoms with van der Waals surface area (Å²) in [6, 6.07) is 14.4. The van der Waals surface area contributed by atoms with Crippen molar-refractivity contribution in [1.82, 2.24) is 4.90 Å². The van der Waals surface area contributed by atoms with Crippen LogP contribution in [-0.4, -0.2) is 28.7 Å². The number of amides is 2. The molecule has 1 heterocycles. The highest BCUT2D eigenvalue weighted by molar-refractivity contribution is 9.09. The van der Waals surface area contributed by atoms with Crippen LogP contribution in [0.2, 0.25) is 0 Å². The fraction of sp³-hybridized carbons (Fsp3) is 0.348. The van der Waals surface area contributed by atoms with Gasteiger partial charge in [0.25, 0.3) is 0 Å². The quantitative estimate of drug-likeness (QED) is 0.527. The molecule has 5 nitrogen and oxygen atoms in total. The summed E-state index contributed by atoms with van der Waals surface area (Å²) in [4.78, 5) is 40.0. The van der Waals surface area contributed by atoms with Crippen LogP contribution in [0.5, 0.6) is 0 Å². The van der Waals surface area contributed by atoms with Crippen molar-refractivity contribution in [2.45, 2.75) is 30.1 Å². The Kier molecular flexibility index (Phi) is 3.85. The molecule has 0 N–H and O–H groups in total. The number of carboxylic acid groups (broad SMARTS) is 1. The van der Waals surface area contributed by atoms with E-state index in [9.17, 15) is 19.5 Å². The molecule has 2 amide bonds. The molecule has 6 rings (SSSR count). The van der Waals surface area contributed by atoms with E-state index in [-0.39, 0.29) is 5.92 Å². The van der Waals surface area contributed by atoms with Gasteiger partial charge in [-0.25, -0.2) is 0 Å². The molecule has 2 aromatic carbocycles. The van der Waals surface area contributed by atoms with Gasteiger partial charge in [0.15, 0.2) is 0 Å². The summed E-state index contributed by atoms with van der Waals surface area (Å²) in [5.41, 5.74) is 3.98. The lowest BCUT2D eigenvalue weighted by Gasteiger charge is -2.51. The van der Waals surface area contributed by atoms with Crippen LogP contribution in [0.15, 0.2) is 48.5 Å². The van der Waals surface area contributed by atoms with E-state index in [4.69, 9.17) is 0 Å². The molecule has 0 saturated carbocycles. The Morgan fingerprint density at radius 1 is 1.00 bits per heavy atom. The van der Waals surface area contributed by atoms with Crippen molar-refractivity contribution < 1.29 is 19.5 Å². The molecular formula is C23H19BrNO4-. The average Bonchev–Trinajstić information content (AvgIpc) is 2.95. The third-order valence-corrected chi connectivity index (χ3v) is 8.05. The number of likely N-dealkylation sites (tertiary alicyclic amines) is 1. The van der Waals surface area contributed by atoms with Crippen LogP contribution in [0.25, 0.3) is 0 Å². The maximum Gasteiger partial charge on any atom is 0.235 e. The zero-order chi connectivity index (χ0) is 20.7. The molecule has 3 atom stereocenters. The summed E-state index contributed by atoms with van der Waals surface area (Å²) in [7, 11) is 0. The van der Waals surface area contributed by atoms with Gasteiger partial charge in [-0.1, -0.05) is 78.3 Å². The Labute approximate surface area is 176 Å². The van der Waals surface area contributed by atoms with Crippen molar-refractivity contribution >= 4 is 33.7 Å². The van der Waals surface area contributed by atoms with Crippen molar-refractivity contribution in [2.75, 3.05) is 0 Å². The summed E-state index contributed by atoms with van der Waals surface area (Å²) in [6.07, 6.45) is 0. The highest BCUT2D eigenvalue weighted by Gasteiger charge is 2.68. The summed E-state index contributed by atoms with van der Waals surface area (Å²) in [5, 5.41) is 11.9. The topological polar surface area (TPSA) is 77.5 Å². The molecule has 2 aromatic rings. The lowest BCUT2D eigenvalue weighted by Crippen LogP contribution is -2.54. The minimum atomic E-state index is -1.40. The van der Waals surface area contributed by atoms with Gasteiger partial charge < -0.3 is 9.90 Å². The second kappa shape index (κ2) is 6.02. The Hall–Kier alpha value is -2.47. The van der Waals surface area contributed by atoms with Gasteiger partial charge in [0.05, 0.1) is 28.2 Å². The fourth-order valence-corrected chi connectivity index (χ4v) is 6.85. The van der Waals surface area contributed by atoms with Gasteiger partial charge in [-0.3, -0.25) is 14.5 Å². The second-order valence-corrected chi connectivity index (χ2v) is 9.67. The number of carbonyl (C=O) groups excluding carboxylic acids is 3. The van der Waals surface area contributed by atoms with E-state index in [0.29, 0.717) is 0 Å². The Morgan fingerprint density at radius 3 is 2.00 bits per heavy atom. The van der Waals surface area contributed by atoms with E-state index in [0.717, 1.165) is 27.2 Å². The Morgan fingerprint density at radius 2 is 1.52 bits per heavy atom. The number of hydrogen-bond acceptors (Lipinski definition) is 4. The molecule has 0 radical (unpaired) electrons. The Bertz CT molecular complexity index is 1030. The molecule has 0 spiro atoms. The van der Waals surface area contributed by atoms with Crippen LogP contribution in [0.4, 0.5) is 0 Å². The maximum absolute atomic E-state index is 13.6.